The van der Waals surface area contributed by atoms with Crippen molar-refractivity contribution in [1.82, 2.24) is 0 Å². The maximum Gasteiger partial charge on any atom is 0.337 e. The van der Waals surface area contributed by atoms with Crippen molar-refractivity contribution in [2.24, 2.45) is 5.14 Å². The fourth-order valence-electron chi connectivity index (χ4n) is 0.969. The van der Waals surface area contributed by atoms with Crippen LogP contribution in [0.4, 0.5) is 11.4 Å². The molecule has 0 spiro atoms. The van der Waals surface area contributed by atoms with Crippen LogP contribution in [-0.4, -0.2) is 19.5 Å². The van der Waals surface area contributed by atoms with Crippen molar-refractivity contribution in [3.8, 4) is 0 Å². The second-order valence-corrected chi connectivity index (χ2v) is 4.05. The van der Waals surface area contributed by atoms with Gasteiger partial charge in [-0.25, -0.2) is 9.93 Å². The zero-order valence-corrected chi connectivity index (χ0v) is 8.28. The summed E-state index contributed by atoms with van der Waals surface area (Å²) in [5.41, 5.74) is 5.26. The van der Waals surface area contributed by atoms with Gasteiger partial charge in [0.1, 0.15) is 0 Å². The molecule has 0 unspecified atom stereocenters. The molecule has 0 fully saturated rings. The van der Waals surface area contributed by atoms with Gasteiger partial charge in [-0.3, -0.25) is 4.72 Å². The third-order valence-corrected chi connectivity index (χ3v) is 2.06. The first-order valence-corrected chi connectivity index (χ1v) is 5.27. The van der Waals surface area contributed by atoms with Crippen molar-refractivity contribution in [1.29, 1.82) is 0 Å². The van der Waals surface area contributed by atoms with Crippen LogP contribution in [0.15, 0.2) is 18.2 Å². The van der Waals surface area contributed by atoms with E-state index in [0.717, 1.165) is 6.07 Å². The van der Waals surface area contributed by atoms with E-state index < -0.39 is 16.2 Å². The number of hydrogen-bond acceptors (Lipinski definition) is 4. The monoisotopic (exact) mass is 231 g/mol. The number of aromatic carboxylic acids is 1. The molecular weight excluding hydrogens is 222 g/mol. The van der Waals surface area contributed by atoms with Crippen LogP contribution in [0.5, 0.6) is 0 Å². The molecule has 0 saturated heterocycles. The van der Waals surface area contributed by atoms with Gasteiger partial charge in [-0.05, 0) is 18.2 Å². The number of carboxylic acids is 1. The van der Waals surface area contributed by atoms with Gasteiger partial charge in [0.2, 0.25) is 0 Å². The Morgan fingerprint density at radius 1 is 1.40 bits per heavy atom. The van der Waals surface area contributed by atoms with Crippen molar-refractivity contribution >= 4 is 27.6 Å². The zero-order chi connectivity index (χ0) is 11.6. The lowest BCUT2D eigenvalue weighted by Crippen LogP contribution is -2.22. The van der Waals surface area contributed by atoms with Crippen LogP contribution in [0.25, 0.3) is 0 Å². The van der Waals surface area contributed by atoms with E-state index in [1.54, 1.807) is 0 Å². The molecule has 15 heavy (non-hydrogen) atoms. The van der Waals surface area contributed by atoms with Crippen molar-refractivity contribution < 1.29 is 18.3 Å². The molecule has 0 atom stereocenters. The Hall–Kier alpha value is -1.80. The number of nitrogens with one attached hydrogen (secondary N) is 1. The zero-order valence-electron chi connectivity index (χ0n) is 7.47. The summed E-state index contributed by atoms with van der Waals surface area (Å²) in [6, 6.07) is 3.67. The molecule has 0 aliphatic heterocycles. The molecule has 82 valence electrons. The summed E-state index contributed by atoms with van der Waals surface area (Å²) in [7, 11) is -3.92. The van der Waals surface area contributed by atoms with Crippen LogP contribution in [0.2, 0.25) is 0 Å². The molecule has 1 aromatic rings. The number of carboxylic acid groups (broad SMARTS) is 1. The molecular formula is C7H9N3O4S. The van der Waals surface area contributed by atoms with Crippen LogP contribution in [0.1, 0.15) is 10.4 Å². The summed E-state index contributed by atoms with van der Waals surface area (Å²) in [5, 5.41) is 13.4. The predicted octanol–water partition coefficient (Wildman–Crippen LogP) is -0.418. The highest BCUT2D eigenvalue weighted by atomic mass is 32.2. The van der Waals surface area contributed by atoms with Gasteiger partial charge in [-0.15, -0.1) is 0 Å². The standard InChI is InChI=1S/C7H9N3O4S/c8-6-2-1-4(10-15(9,13)14)3-5(6)7(11)12/h1-3,10H,8H2,(H,11,12)(H2,9,13,14). The molecule has 1 aromatic carbocycles. The van der Waals surface area contributed by atoms with Crippen molar-refractivity contribution in [3.05, 3.63) is 23.8 Å². The highest BCUT2D eigenvalue weighted by Crippen LogP contribution is 2.18. The van der Waals surface area contributed by atoms with E-state index in [1.807, 2.05) is 4.72 Å². The summed E-state index contributed by atoms with van der Waals surface area (Å²) in [6.45, 7) is 0. The molecule has 0 amide bonds. The van der Waals surface area contributed by atoms with Gasteiger partial charge in [-0.1, -0.05) is 0 Å². The lowest BCUT2D eigenvalue weighted by Gasteiger charge is -2.06. The van der Waals surface area contributed by atoms with E-state index in [2.05, 4.69) is 0 Å². The van der Waals surface area contributed by atoms with Gasteiger partial charge in [0.05, 0.1) is 11.3 Å². The fraction of sp³-hybridized carbons (Fsp3) is 0. The first-order chi connectivity index (χ1) is 6.79. The Labute approximate surface area is 85.9 Å². The van der Waals surface area contributed by atoms with Crippen LogP contribution >= 0.6 is 0 Å². The minimum absolute atomic E-state index is 0.0440. The van der Waals surface area contributed by atoms with E-state index in [1.165, 1.54) is 12.1 Å². The summed E-state index contributed by atoms with van der Waals surface area (Å²) in [6.07, 6.45) is 0. The highest BCUT2D eigenvalue weighted by molar-refractivity contribution is 7.90. The molecule has 8 heteroatoms. The number of rotatable bonds is 3. The molecule has 7 nitrogen and oxygen atoms in total. The summed E-state index contributed by atoms with van der Waals surface area (Å²) < 4.78 is 23.2. The molecule has 1 rings (SSSR count). The maximum atomic E-state index is 10.7. The molecule has 0 aromatic heterocycles. The van der Waals surface area contributed by atoms with Crippen molar-refractivity contribution in [2.45, 2.75) is 0 Å². The van der Waals surface area contributed by atoms with Gasteiger partial charge in [-0.2, -0.15) is 8.42 Å². The third kappa shape index (κ3) is 3.11. The van der Waals surface area contributed by atoms with Gasteiger partial charge >= 0.3 is 5.97 Å². The Morgan fingerprint density at radius 3 is 2.47 bits per heavy atom. The number of anilines is 2. The number of nitrogen functional groups attached to an aromatic ring is 1. The van der Waals surface area contributed by atoms with Crippen LogP contribution in [-0.2, 0) is 10.2 Å². The second-order valence-electron chi connectivity index (χ2n) is 2.75. The molecule has 0 bridgehead atoms. The molecule has 0 aliphatic carbocycles. The van der Waals surface area contributed by atoms with Crippen molar-refractivity contribution in [3.63, 3.8) is 0 Å². The quantitative estimate of drug-likeness (QED) is 0.524. The smallest absolute Gasteiger partial charge is 0.337 e. The highest BCUT2D eigenvalue weighted by Gasteiger charge is 2.10. The summed E-state index contributed by atoms with van der Waals surface area (Å²) >= 11 is 0. The normalized spacial score (nSPS) is 11.0. The Morgan fingerprint density at radius 2 is 2.00 bits per heavy atom. The van der Waals surface area contributed by atoms with E-state index in [-0.39, 0.29) is 16.9 Å². The number of benzene rings is 1. The topological polar surface area (TPSA) is 136 Å². The lowest BCUT2D eigenvalue weighted by molar-refractivity contribution is 0.0698. The van der Waals surface area contributed by atoms with Crippen LogP contribution < -0.4 is 15.6 Å². The maximum absolute atomic E-state index is 10.7. The largest absolute Gasteiger partial charge is 0.478 e. The van der Waals surface area contributed by atoms with Gasteiger partial charge in [0.25, 0.3) is 10.2 Å². The number of hydrogen-bond donors (Lipinski definition) is 4. The summed E-state index contributed by atoms with van der Waals surface area (Å²) in [4.78, 5) is 10.7. The average Bonchev–Trinajstić information content (AvgIpc) is 2.05. The van der Waals surface area contributed by atoms with Gasteiger partial charge in [0, 0.05) is 5.69 Å². The predicted molar refractivity (Wildman–Crippen MR) is 54.5 cm³/mol. The lowest BCUT2D eigenvalue weighted by atomic mass is 10.1. The molecule has 0 heterocycles. The van der Waals surface area contributed by atoms with Gasteiger partial charge in [0.15, 0.2) is 0 Å². The second kappa shape index (κ2) is 3.75. The number of nitrogens with two attached hydrogens (primary N) is 2. The molecule has 0 radical (unpaired) electrons. The minimum atomic E-state index is -3.92. The summed E-state index contributed by atoms with van der Waals surface area (Å²) in [5.74, 6) is -1.24. The minimum Gasteiger partial charge on any atom is -0.478 e. The molecule has 6 N–H and O–H groups in total. The van der Waals surface area contributed by atoms with E-state index >= 15 is 0 Å². The molecule has 0 aliphatic rings. The third-order valence-electron chi connectivity index (χ3n) is 1.54. The fourth-order valence-corrected chi connectivity index (χ4v) is 1.42. The number of carbonyl (C=O) groups is 1. The van der Waals surface area contributed by atoms with E-state index in [4.69, 9.17) is 16.0 Å². The Balaban J connectivity index is 3.14. The van der Waals surface area contributed by atoms with E-state index in [9.17, 15) is 13.2 Å². The molecule has 0 saturated carbocycles. The van der Waals surface area contributed by atoms with Gasteiger partial charge < -0.3 is 10.8 Å². The van der Waals surface area contributed by atoms with E-state index in [0.29, 0.717) is 0 Å². The average molecular weight is 231 g/mol. The van der Waals surface area contributed by atoms with Crippen LogP contribution in [0.3, 0.4) is 0 Å². The SMILES string of the molecule is Nc1ccc(NS(N)(=O)=O)cc1C(=O)O. The first-order valence-electron chi connectivity index (χ1n) is 3.73. The Kier molecular flexibility index (Phi) is 2.82. The Bertz CT molecular complexity index is 497. The van der Waals surface area contributed by atoms with Crippen LogP contribution in [0, 0.1) is 0 Å². The van der Waals surface area contributed by atoms with Crippen molar-refractivity contribution in [2.75, 3.05) is 10.5 Å². The first kappa shape index (κ1) is 11.3.